The smallest absolute Gasteiger partial charge is 0.253 e. The summed E-state index contributed by atoms with van der Waals surface area (Å²) < 4.78 is 11.3. The number of aromatic nitrogens is 1. The van der Waals surface area contributed by atoms with E-state index < -0.39 is 0 Å². The second-order valence-electron chi connectivity index (χ2n) is 9.05. The molecule has 2 aromatic carbocycles. The van der Waals surface area contributed by atoms with E-state index in [0.29, 0.717) is 54.5 Å². The predicted octanol–water partition coefficient (Wildman–Crippen LogP) is 5.37. The first-order chi connectivity index (χ1) is 18.1. The maximum Gasteiger partial charge on any atom is 0.253 e. The molecule has 3 aromatic rings. The summed E-state index contributed by atoms with van der Waals surface area (Å²) in [7, 11) is 0. The number of hydrogen-bond acceptors (Lipinski definition) is 6. The fourth-order valence-corrected chi connectivity index (χ4v) is 4.29. The van der Waals surface area contributed by atoms with Gasteiger partial charge in [-0.15, -0.1) is 0 Å². The van der Waals surface area contributed by atoms with E-state index in [0.717, 1.165) is 36.0 Å². The first kappa shape index (κ1) is 25.9. The summed E-state index contributed by atoms with van der Waals surface area (Å²) in [6.45, 7) is 3.43. The van der Waals surface area contributed by atoms with E-state index in [-0.39, 0.29) is 12.0 Å². The van der Waals surface area contributed by atoms with Crippen LogP contribution in [0.15, 0.2) is 78.1 Å². The molecule has 1 aliphatic rings. The highest BCUT2D eigenvalue weighted by Gasteiger charge is 2.17. The largest absolute Gasteiger partial charge is 0.474 e. The van der Waals surface area contributed by atoms with Gasteiger partial charge in [0, 0.05) is 36.6 Å². The average molecular weight is 497 g/mol. The summed E-state index contributed by atoms with van der Waals surface area (Å²) in [5.74, 6) is 0.286. The number of benzene rings is 2. The van der Waals surface area contributed by atoms with E-state index in [1.807, 2.05) is 49.4 Å². The van der Waals surface area contributed by atoms with Gasteiger partial charge in [0.15, 0.2) is 0 Å². The Morgan fingerprint density at radius 3 is 2.57 bits per heavy atom. The van der Waals surface area contributed by atoms with Gasteiger partial charge < -0.3 is 20.5 Å². The fourth-order valence-electron chi connectivity index (χ4n) is 4.29. The molecule has 1 aromatic heterocycles. The molecule has 190 valence electrons. The highest BCUT2D eigenvalue weighted by molar-refractivity contribution is 6.04. The third-order valence-corrected chi connectivity index (χ3v) is 6.32. The maximum atomic E-state index is 13.2. The van der Waals surface area contributed by atoms with Crippen molar-refractivity contribution in [2.45, 2.75) is 45.1 Å². The number of rotatable bonds is 9. The van der Waals surface area contributed by atoms with Crippen LogP contribution in [0.4, 0.5) is 5.69 Å². The lowest BCUT2D eigenvalue weighted by Gasteiger charge is -2.22. The van der Waals surface area contributed by atoms with E-state index in [4.69, 9.17) is 15.2 Å². The molecule has 1 fully saturated rings. The van der Waals surface area contributed by atoms with Gasteiger partial charge in [-0.3, -0.25) is 4.79 Å². The SMILES string of the molecule is CCC/C(N)=C(\Cc1ccc(-c2ccccc2C#N)cc1)C(=O)Nc1ccc(OC2CCOCC2)nc1. The molecule has 1 amide bonds. The molecule has 0 aliphatic carbocycles. The summed E-state index contributed by atoms with van der Waals surface area (Å²) in [5.41, 5.74) is 11.5. The summed E-state index contributed by atoms with van der Waals surface area (Å²) in [5, 5.41) is 12.3. The quantitative estimate of drug-likeness (QED) is 0.385. The first-order valence-corrected chi connectivity index (χ1v) is 12.6. The van der Waals surface area contributed by atoms with E-state index in [1.165, 1.54) is 0 Å². The Hall–Kier alpha value is -4.15. The normalized spacial score (nSPS) is 14.4. The van der Waals surface area contributed by atoms with Crippen LogP contribution in [0.5, 0.6) is 5.88 Å². The minimum absolute atomic E-state index is 0.102. The Kier molecular flexibility index (Phi) is 8.90. The summed E-state index contributed by atoms with van der Waals surface area (Å²) in [6, 6.07) is 21.2. The third-order valence-electron chi connectivity index (χ3n) is 6.32. The van der Waals surface area contributed by atoms with Crippen molar-refractivity contribution in [1.82, 2.24) is 4.98 Å². The average Bonchev–Trinajstić information content (AvgIpc) is 2.93. The Morgan fingerprint density at radius 1 is 1.14 bits per heavy atom. The van der Waals surface area contributed by atoms with Crippen LogP contribution in [0, 0.1) is 11.3 Å². The van der Waals surface area contributed by atoms with Gasteiger partial charge in [-0.05, 0) is 35.2 Å². The molecule has 0 bridgehead atoms. The van der Waals surface area contributed by atoms with Gasteiger partial charge in [0.05, 0.1) is 36.7 Å². The van der Waals surface area contributed by atoms with Crippen LogP contribution in [0.1, 0.15) is 43.7 Å². The van der Waals surface area contributed by atoms with Crippen molar-refractivity contribution in [2.24, 2.45) is 5.73 Å². The molecule has 37 heavy (non-hydrogen) atoms. The molecule has 0 unspecified atom stereocenters. The molecule has 0 saturated carbocycles. The predicted molar refractivity (Wildman–Crippen MR) is 144 cm³/mol. The fraction of sp³-hybridized carbons (Fsp3) is 0.300. The highest BCUT2D eigenvalue weighted by atomic mass is 16.5. The molecule has 7 nitrogen and oxygen atoms in total. The molecule has 4 rings (SSSR count). The van der Waals surface area contributed by atoms with Gasteiger partial charge >= 0.3 is 0 Å². The summed E-state index contributed by atoms with van der Waals surface area (Å²) in [4.78, 5) is 17.6. The van der Waals surface area contributed by atoms with Crippen LogP contribution in [0.2, 0.25) is 0 Å². The number of nitrogens with one attached hydrogen (secondary N) is 1. The lowest BCUT2D eigenvalue weighted by molar-refractivity contribution is -0.113. The van der Waals surface area contributed by atoms with Crippen LogP contribution < -0.4 is 15.8 Å². The van der Waals surface area contributed by atoms with Crippen LogP contribution in [-0.2, 0) is 16.0 Å². The lowest BCUT2D eigenvalue weighted by Crippen LogP contribution is -2.26. The van der Waals surface area contributed by atoms with Crippen molar-refractivity contribution in [1.29, 1.82) is 5.26 Å². The van der Waals surface area contributed by atoms with Crippen molar-refractivity contribution < 1.29 is 14.3 Å². The number of nitrogens with two attached hydrogens (primary N) is 1. The zero-order chi connectivity index (χ0) is 26.0. The van der Waals surface area contributed by atoms with Gasteiger partial charge in [0.1, 0.15) is 6.10 Å². The molecule has 2 heterocycles. The topological polar surface area (TPSA) is 110 Å². The van der Waals surface area contributed by atoms with Crippen molar-refractivity contribution in [2.75, 3.05) is 18.5 Å². The number of ether oxygens (including phenoxy) is 2. The Labute approximate surface area is 217 Å². The van der Waals surface area contributed by atoms with Crippen molar-refractivity contribution >= 4 is 11.6 Å². The van der Waals surface area contributed by atoms with E-state index in [9.17, 15) is 10.1 Å². The Bertz CT molecular complexity index is 1270. The number of hydrogen-bond donors (Lipinski definition) is 2. The van der Waals surface area contributed by atoms with Crippen LogP contribution >= 0.6 is 0 Å². The van der Waals surface area contributed by atoms with Crippen molar-refractivity contribution in [3.05, 3.63) is 89.3 Å². The minimum Gasteiger partial charge on any atom is -0.474 e. The number of carbonyl (C=O) groups excluding carboxylic acids is 1. The number of carbonyl (C=O) groups is 1. The van der Waals surface area contributed by atoms with E-state index >= 15 is 0 Å². The maximum absolute atomic E-state index is 13.2. The number of amides is 1. The van der Waals surface area contributed by atoms with Crippen LogP contribution in [-0.4, -0.2) is 30.2 Å². The zero-order valence-electron chi connectivity index (χ0n) is 21.1. The lowest BCUT2D eigenvalue weighted by atomic mass is 9.96. The standard InChI is InChI=1S/C30H32N4O3/c1-2-5-28(32)27(18-21-8-10-22(11-9-21)26-7-4-3-6-23(26)19-31)30(35)34-24-12-13-29(33-20-24)37-25-14-16-36-17-15-25/h3-4,6-13,20,25H,2,5,14-18,32H2,1H3,(H,34,35)/b28-27-. The van der Waals surface area contributed by atoms with Crippen LogP contribution in [0.25, 0.3) is 11.1 Å². The van der Waals surface area contributed by atoms with Gasteiger partial charge in [-0.1, -0.05) is 55.8 Å². The molecule has 0 radical (unpaired) electrons. The summed E-state index contributed by atoms with van der Waals surface area (Å²) >= 11 is 0. The van der Waals surface area contributed by atoms with Crippen molar-refractivity contribution in [3.8, 4) is 23.1 Å². The molecular weight excluding hydrogens is 464 g/mol. The molecule has 1 saturated heterocycles. The van der Waals surface area contributed by atoms with Crippen LogP contribution in [0.3, 0.4) is 0 Å². The Morgan fingerprint density at radius 2 is 1.89 bits per heavy atom. The molecular formula is C30H32N4O3. The molecule has 3 N–H and O–H groups in total. The zero-order valence-corrected chi connectivity index (χ0v) is 21.1. The molecule has 7 heteroatoms. The van der Waals surface area contributed by atoms with Crippen molar-refractivity contribution in [3.63, 3.8) is 0 Å². The Balaban J connectivity index is 1.45. The number of pyridine rings is 1. The first-order valence-electron chi connectivity index (χ1n) is 12.6. The number of nitrogens with zero attached hydrogens (tertiary/aromatic N) is 2. The summed E-state index contributed by atoms with van der Waals surface area (Å²) in [6.07, 6.45) is 5.26. The van der Waals surface area contributed by atoms with Gasteiger partial charge in [0.2, 0.25) is 5.88 Å². The molecule has 0 spiro atoms. The monoisotopic (exact) mass is 496 g/mol. The minimum atomic E-state index is -0.246. The van der Waals surface area contributed by atoms with E-state index in [2.05, 4.69) is 16.4 Å². The van der Waals surface area contributed by atoms with Gasteiger partial charge in [-0.25, -0.2) is 4.98 Å². The van der Waals surface area contributed by atoms with Gasteiger partial charge in [0.25, 0.3) is 5.91 Å². The molecule has 1 aliphatic heterocycles. The van der Waals surface area contributed by atoms with Gasteiger partial charge in [-0.2, -0.15) is 5.26 Å². The second kappa shape index (κ2) is 12.7. The molecule has 0 atom stereocenters. The number of anilines is 1. The number of nitriles is 1. The highest BCUT2D eigenvalue weighted by Crippen LogP contribution is 2.25. The second-order valence-corrected chi connectivity index (χ2v) is 9.05. The third kappa shape index (κ3) is 6.96. The van der Waals surface area contributed by atoms with E-state index in [1.54, 1.807) is 24.4 Å². The number of allylic oxidation sites excluding steroid dienone is 1.